The summed E-state index contributed by atoms with van der Waals surface area (Å²) in [4.78, 5) is 0. The summed E-state index contributed by atoms with van der Waals surface area (Å²) in [6, 6.07) is 8.21. The quantitative estimate of drug-likeness (QED) is 0.596. The molecule has 0 aromatic heterocycles. The molecule has 2 heterocycles. The maximum absolute atomic E-state index is 6.17. The van der Waals surface area contributed by atoms with E-state index in [-0.39, 0.29) is 18.5 Å². The number of halogens is 3. The van der Waals surface area contributed by atoms with Gasteiger partial charge < -0.3 is 20.1 Å². The molecule has 0 fully saturated rings. The van der Waals surface area contributed by atoms with Crippen molar-refractivity contribution in [3.05, 3.63) is 56.0 Å². The molecule has 160 valence electrons. The van der Waals surface area contributed by atoms with Gasteiger partial charge in [-0.1, -0.05) is 23.7 Å². The van der Waals surface area contributed by atoms with E-state index in [1.165, 1.54) is 22.3 Å². The zero-order valence-corrected chi connectivity index (χ0v) is 20.3. The van der Waals surface area contributed by atoms with Gasteiger partial charge in [0.05, 0.1) is 22.7 Å². The molecule has 7 heteroatoms. The van der Waals surface area contributed by atoms with E-state index in [9.17, 15) is 0 Å². The number of nitrogens with one attached hydrogen (secondary N) is 2. The molecule has 2 aromatic carbocycles. The van der Waals surface area contributed by atoms with Gasteiger partial charge in [-0.05, 0) is 90.1 Å². The van der Waals surface area contributed by atoms with Gasteiger partial charge in [-0.3, -0.25) is 0 Å². The molecular formula is C22H29BrCl2N2O2. The zero-order chi connectivity index (χ0) is 20.1. The SMILES string of the molecule is CC(C)Oc1ccc2c(c1Br)CCNC2.COc1ccc2c(c1Cl)CCNC2.Cl. The van der Waals surface area contributed by atoms with Crippen molar-refractivity contribution in [3.8, 4) is 11.5 Å². The number of hydrogen-bond donors (Lipinski definition) is 2. The highest BCUT2D eigenvalue weighted by molar-refractivity contribution is 9.10. The minimum Gasteiger partial charge on any atom is -0.495 e. The van der Waals surface area contributed by atoms with Gasteiger partial charge in [-0.15, -0.1) is 12.4 Å². The molecule has 0 radical (unpaired) electrons. The van der Waals surface area contributed by atoms with E-state index in [4.69, 9.17) is 21.1 Å². The van der Waals surface area contributed by atoms with E-state index in [0.717, 1.165) is 60.0 Å². The van der Waals surface area contributed by atoms with E-state index in [1.807, 2.05) is 19.9 Å². The number of methoxy groups -OCH3 is 1. The molecule has 2 N–H and O–H groups in total. The Hall–Kier alpha value is -0.980. The number of rotatable bonds is 3. The van der Waals surface area contributed by atoms with Crippen molar-refractivity contribution in [2.45, 2.75) is 45.9 Å². The second-order valence-electron chi connectivity index (χ2n) is 7.25. The van der Waals surface area contributed by atoms with Crippen LogP contribution in [-0.4, -0.2) is 26.3 Å². The van der Waals surface area contributed by atoms with Crippen LogP contribution in [0.15, 0.2) is 28.7 Å². The van der Waals surface area contributed by atoms with Crippen LogP contribution in [0.4, 0.5) is 0 Å². The average molecular weight is 504 g/mol. The molecule has 0 spiro atoms. The summed E-state index contributed by atoms with van der Waals surface area (Å²) >= 11 is 9.82. The third-order valence-electron chi connectivity index (χ3n) is 4.93. The lowest BCUT2D eigenvalue weighted by Crippen LogP contribution is -2.24. The van der Waals surface area contributed by atoms with Crippen LogP contribution in [0.25, 0.3) is 0 Å². The second-order valence-corrected chi connectivity index (χ2v) is 8.43. The van der Waals surface area contributed by atoms with Gasteiger partial charge in [-0.2, -0.15) is 0 Å². The maximum Gasteiger partial charge on any atom is 0.137 e. The van der Waals surface area contributed by atoms with Crippen LogP contribution in [0.5, 0.6) is 11.5 Å². The van der Waals surface area contributed by atoms with Gasteiger partial charge in [0.2, 0.25) is 0 Å². The number of benzene rings is 2. The molecule has 4 nitrogen and oxygen atoms in total. The topological polar surface area (TPSA) is 42.5 Å². The van der Waals surface area contributed by atoms with E-state index in [2.05, 4.69) is 44.8 Å². The largest absolute Gasteiger partial charge is 0.495 e. The van der Waals surface area contributed by atoms with Gasteiger partial charge in [0.15, 0.2) is 0 Å². The van der Waals surface area contributed by atoms with Crippen molar-refractivity contribution >= 4 is 39.9 Å². The Morgan fingerprint density at radius 3 is 2.07 bits per heavy atom. The number of ether oxygens (including phenoxy) is 2. The van der Waals surface area contributed by atoms with E-state index in [1.54, 1.807) is 7.11 Å². The van der Waals surface area contributed by atoms with Crippen LogP contribution in [0.2, 0.25) is 5.02 Å². The molecule has 0 saturated heterocycles. The maximum atomic E-state index is 6.17. The van der Waals surface area contributed by atoms with Crippen LogP contribution < -0.4 is 20.1 Å². The lowest BCUT2D eigenvalue weighted by Gasteiger charge is -2.21. The van der Waals surface area contributed by atoms with Crippen molar-refractivity contribution in [3.63, 3.8) is 0 Å². The molecule has 0 unspecified atom stereocenters. The minimum atomic E-state index is 0. The molecule has 0 amide bonds. The van der Waals surface area contributed by atoms with Crippen molar-refractivity contribution in [1.29, 1.82) is 0 Å². The summed E-state index contributed by atoms with van der Waals surface area (Å²) < 4.78 is 12.0. The standard InChI is InChI=1S/C12H16BrNO.C10H12ClNO.ClH/c1-8(2)15-11-4-3-9-7-14-6-5-10(9)12(11)13;1-13-9-3-2-7-6-12-5-4-8(7)10(9)11;/h3-4,8,14H,5-7H2,1-2H3;2-3,12H,4-6H2,1H3;1H. The fraction of sp³-hybridized carbons (Fsp3) is 0.455. The van der Waals surface area contributed by atoms with Crippen molar-refractivity contribution in [2.24, 2.45) is 0 Å². The van der Waals surface area contributed by atoms with Gasteiger partial charge >= 0.3 is 0 Å². The van der Waals surface area contributed by atoms with Gasteiger partial charge in [-0.25, -0.2) is 0 Å². The summed E-state index contributed by atoms with van der Waals surface area (Å²) in [6.07, 6.45) is 2.29. The normalized spacial score (nSPS) is 14.7. The fourth-order valence-corrected chi connectivity index (χ4v) is 4.56. The highest BCUT2D eigenvalue weighted by Crippen LogP contribution is 2.33. The van der Waals surface area contributed by atoms with E-state index < -0.39 is 0 Å². The molecule has 2 aromatic rings. The minimum absolute atomic E-state index is 0. The summed E-state index contributed by atoms with van der Waals surface area (Å²) in [5.74, 6) is 1.74. The molecule has 0 saturated carbocycles. The summed E-state index contributed by atoms with van der Waals surface area (Å²) in [7, 11) is 1.65. The van der Waals surface area contributed by atoms with Crippen molar-refractivity contribution in [1.82, 2.24) is 10.6 Å². The Morgan fingerprint density at radius 1 is 0.931 bits per heavy atom. The summed E-state index contributed by atoms with van der Waals surface area (Å²) in [5.41, 5.74) is 5.30. The molecule has 0 aliphatic carbocycles. The number of fused-ring (bicyclic) bond motifs is 2. The van der Waals surface area contributed by atoms with Crippen LogP contribution in [-0.2, 0) is 25.9 Å². The lowest BCUT2D eigenvalue weighted by molar-refractivity contribution is 0.240. The summed E-state index contributed by atoms with van der Waals surface area (Å²) in [6.45, 7) is 8.03. The Labute approximate surface area is 193 Å². The first-order valence-corrected chi connectivity index (χ1v) is 10.9. The first-order valence-electron chi connectivity index (χ1n) is 9.73. The van der Waals surface area contributed by atoms with Gasteiger partial charge in [0.25, 0.3) is 0 Å². The first kappa shape index (κ1) is 24.3. The molecule has 4 rings (SSSR count). The molecule has 29 heavy (non-hydrogen) atoms. The Kier molecular flexibility index (Phi) is 9.57. The Bertz CT molecular complexity index is 831. The summed E-state index contributed by atoms with van der Waals surface area (Å²) in [5, 5.41) is 7.45. The molecule has 0 atom stereocenters. The lowest BCUT2D eigenvalue weighted by atomic mass is 10.0. The smallest absolute Gasteiger partial charge is 0.137 e. The highest BCUT2D eigenvalue weighted by Gasteiger charge is 2.16. The predicted molar refractivity (Wildman–Crippen MR) is 126 cm³/mol. The third-order valence-corrected chi connectivity index (χ3v) is 6.21. The monoisotopic (exact) mass is 502 g/mol. The first-order chi connectivity index (χ1) is 13.5. The number of hydrogen-bond acceptors (Lipinski definition) is 4. The van der Waals surface area contributed by atoms with Crippen LogP contribution in [0, 0.1) is 0 Å². The predicted octanol–water partition coefficient (Wildman–Crippen LogP) is 5.30. The van der Waals surface area contributed by atoms with Gasteiger partial charge in [0.1, 0.15) is 11.5 Å². The van der Waals surface area contributed by atoms with E-state index >= 15 is 0 Å². The Balaban J connectivity index is 0.000000202. The van der Waals surface area contributed by atoms with Gasteiger partial charge in [0, 0.05) is 13.1 Å². The fourth-order valence-electron chi connectivity index (χ4n) is 3.53. The third kappa shape index (κ3) is 6.02. The highest BCUT2D eigenvalue weighted by atomic mass is 79.9. The van der Waals surface area contributed by atoms with Crippen molar-refractivity contribution in [2.75, 3.05) is 20.2 Å². The molecule has 0 bridgehead atoms. The van der Waals surface area contributed by atoms with Crippen molar-refractivity contribution < 1.29 is 9.47 Å². The Morgan fingerprint density at radius 2 is 1.48 bits per heavy atom. The van der Waals surface area contributed by atoms with E-state index in [0.29, 0.717) is 0 Å². The van der Waals surface area contributed by atoms with Crippen LogP contribution >= 0.6 is 39.9 Å². The average Bonchev–Trinajstić information content (AvgIpc) is 2.71. The van der Waals surface area contributed by atoms with Crippen LogP contribution in [0.1, 0.15) is 36.1 Å². The van der Waals surface area contributed by atoms with Crippen LogP contribution in [0.3, 0.4) is 0 Å². The molecule has 2 aliphatic rings. The zero-order valence-electron chi connectivity index (χ0n) is 17.1. The molecular weight excluding hydrogens is 475 g/mol. The molecule has 2 aliphatic heterocycles. The second kappa shape index (κ2) is 11.4.